The summed E-state index contributed by atoms with van der Waals surface area (Å²) < 4.78 is 0. The number of carbonyl (C=O) groups is 3. The lowest BCUT2D eigenvalue weighted by Crippen LogP contribution is -2.47. The van der Waals surface area contributed by atoms with Crippen molar-refractivity contribution in [3.63, 3.8) is 0 Å². The predicted molar refractivity (Wildman–Crippen MR) is 123 cm³/mol. The molecule has 1 heterocycles. The monoisotopic (exact) mass is 439 g/mol. The van der Waals surface area contributed by atoms with Crippen LogP contribution in [0.15, 0.2) is 29.4 Å². The van der Waals surface area contributed by atoms with Gasteiger partial charge in [-0.1, -0.05) is 63.6 Å². The van der Waals surface area contributed by atoms with E-state index in [1.165, 1.54) is 11.3 Å². The number of hydrogen-bond acceptors (Lipinski definition) is 4. The molecule has 2 saturated carbocycles. The molecule has 0 saturated heterocycles. The van der Waals surface area contributed by atoms with E-state index in [2.05, 4.69) is 5.10 Å². The topological polar surface area (TPSA) is 90.3 Å². The van der Waals surface area contributed by atoms with Gasteiger partial charge in [-0.3, -0.25) is 14.5 Å². The van der Waals surface area contributed by atoms with E-state index in [1.807, 2.05) is 31.2 Å². The number of carbonyl (C=O) groups excluding carboxylic acids is 2. The first-order valence-corrected chi connectivity index (χ1v) is 11.9. The van der Waals surface area contributed by atoms with E-state index in [0.717, 1.165) is 74.1 Å². The standard InChI is InChI=1S/C25H33N3O4/c1-25(14-8-3-9-15-25)21(29)16-27-20-13-7-6-12-19(20)23(18-10-4-2-5-11-18)26-28(24(27)32)17-22(30)31/h6-7,12-13,18H,2-5,8-11,14-17H2,1H3,(H,30,31). The second-order valence-electron chi connectivity index (χ2n) is 9.70. The summed E-state index contributed by atoms with van der Waals surface area (Å²) in [5.41, 5.74) is 1.82. The molecular weight excluding hydrogens is 406 g/mol. The van der Waals surface area contributed by atoms with Crippen molar-refractivity contribution in [2.24, 2.45) is 16.4 Å². The highest BCUT2D eigenvalue weighted by Crippen LogP contribution is 2.38. The molecule has 4 rings (SSSR count). The maximum atomic E-state index is 13.5. The number of hydrazone groups is 1. The molecule has 0 radical (unpaired) electrons. The van der Waals surface area contributed by atoms with Gasteiger partial charge in [0.1, 0.15) is 6.54 Å². The minimum Gasteiger partial charge on any atom is -0.480 e. The van der Waals surface area contributed by atoms with Crippen molar-refractivity contribution in [1.29, 1.82) is 0 Å². The predicted octanol–water partition coefficient (Wildman–Crippen LogP) is 4.84. The number of nitrogens with zero attached hydrogens (tertiary/aromatic N) is 3. The summed E-state index contributed by atoms with van der Waals surface area (Å²) in [5.74, 6) is -0.904. The van der Waals surface area contributed by atoms with Gasteiger partial charge in [-0.25, -0.2) is 9.80 Å². The van der Waals surface area contributed by atoms with Crippen LogP contribution in [0.4, 0.5) is 10.5 Å². The van der Waals surface area contributed by atoms with Gasteiger partial charge in [0, 0.05) is 16.9 Å². The van der Waals surface area contributed by atoms with Crippen LogP contribution < -0.4 is 4.90 Å². The van der Waals surface area contributed by atoms with Gasteiger partial charge in [0.2, 0.25) is 0 Å². The molecule has 172 valence electrons. The summed E-state index contributed by atoms with van der Waals surface area (Å²) >= 11 is 0. The maximum Gasteiger partial charge on any atom is 0.345 e. The average Bonchev–Trinajstić information content (AvgIpc) is 2.90. The molecule has 7 nitrogen and oxygen atoms in total. The number of anilines is 1. The lowest BCUT2D eigenvalue weighted by molar-refractivity contribution is -0.137. The van der Waals surface area contributed by atoms with Crippen LogP contribution in [0.25, 0.3) is 0 Å². The van der Waals surface area contributed by atoms with Gasteiger partial charge < -0.3 is 5.11 Å². The first kappa shape index (κ1) is 22.5. The summed E-state index contributed by atoms with van der Waals surface area (Å²) in [7, 11) is 0. The second-order valence-corrected chi connectivity index (χ2v) is 9.70. The third kappa shape index (κ3) is 4.57. The van der Waals surface area contributed by atoms with E-state index in [4.69, 9.17) is 0 Å². The number of ketones is 1. The minimum atomic E-state index is -1.12. The number of fused-ring (bicyclic) bond motifs is 1. The lowest BCUT2D eigenvalue weighted by Gasteiger charge is -2.34. The Bertz CT molecular complexity index is 914. The van der Waals surface area contributed by atoms with E-state index in [1.54, 1.807) is 0 Å². The molecule has 7 heteroatoms. The van der Waals surface area contributed by atoms with Gasteiger partial charge in [0.05, 0.1) is 17.9 Å². The number of hydrogen-bond donors (Lipinski definition) is 1. The first-order valence-electron chi connectivity index (χ1n) is 11.9. The normalized spacial score (nSPS) is 21.5. The molecule has 0 unspecified atom stereocenters. The van der Waals surface area contributed by atoms with Crippen molar-refractivity contribution < 1.29 is 19.5 Å². The van der Waals surface area contributed by atoms with Gasteiger partial charge in [0.25, 0.3) is 0 Å². The Kier molecular flexibility index (Phi) is 6.63. The van der Waals surface area contributed by atoms with Crippen LogP contribution in [-0.4, -0.2) is 46.7 Å². The zero-order valence-corrected chi connectivity index (χ0v) is 18.9. The van der Waals surface area contributed by atoms with Crippen LogP contribution in [0.3, 0.4) is 0 Å². The van der Waals surface area contributed by atoms with Crippen LogP contribution in [0.1, 0.15) is 76.7 Å². The van der Waals surface area contributed by atoms with Crippen molar-refractivity contribution in [2.75, 3.05) is 18.0 Å². The zero-order chi connectivity index (χ0) is 22.7. The smallest absolute Gasteiger partial charge is 0.345 e. The van der Waals surface area contributed by atoms with Crippen molar-refractivity contribution in [3.8, 4) is 0 Å². The molecule has 1 aliphatic heterocycles. The number of Topliss-reactive ketones (excluding diaryl/α,β-unsaturated/α-hetero) is 1. The quantitative estimate of drug-likeness (QED) is 0.687. The Labute approximate surface area is 189 Å². The van der Waals surface area contributed by atoms with Crippen molar-refractivity contribution in [2.45, 2.75) is 71.1 Å². The van der Waals surface area contributed by atoms with E-state index in [-0.39, 0.29) is 18.2 Å². The fraction of sp³-hybridized carbons (Fsp3) is 0.600. The summed E-state index contributed by atoms with van der Waals surface area (Å²) in [4.78, 5) is 39.9. The van der Waals surface area contributed by atoms with Crippen LogP contribution in [0.5, 0.6) is 0 Å². The van der Waals surface area contributed by atoms with E-state index < -0.39 is 24.0 Å². The average molecular weight is 440 g/mol. The van der Waals surface area contributed by atoms with Crippen LogP contribution >= 0.6 is 0 Å². The summed E-state index contributed by atoms with van der Waals surface area (Å²) in [6.07, 6.45) is 10.2. The zero-order valence-electron chi connectivity index (χ0n) is 18.9. The third-order valence-electron chi connectivity index (χ3n) is 7.36. The van der Waals surface area contributed by atoms with E-state index >= 15 is 0 Å². The number of benzene rings is 1. The first-order chi connectivity index (χ1) is 15.4. The van der Waals surface area contributed by atoms with E-state index in [0.29, 0.717) is 5.69 Å². The molecule has 32 heavy (non-hydrogen) atoms. The Morgan fingerprint density at radius 3 is 2.38 bits per heavy atom. The van der Waals surface area contributed by atoms with Gasteiger partial charge in [-0.2, -0.15) is 5.10 Å². The second kappa shape index (κ2) is 9.43. The van der Waals surface area contributed by atoms with Crippen LogP contribution in [-0.2, 0) is 9.59 Å². The molecule has 0 spiro atoms. The van der Waals surface area contributed by atoms with Gasteiger partial charge in [0.15, 0.2) is 5.78 Å². The number of aliphatic carboxylic acids is 1. The Balaban J connectivity index is 1.73. The SMILES string of the molecule is CC1(C(=O)CN2C(=O)N(CC(=O)O)N=C(C3CCCCC3)c3ccccc32)CCCCC1. The molecule has 2 aliphatic carbocycles. The molecule has 2 fully saturated rings. The molecule has 0 aromatic heterocycles. The van der Waals surface area contributed by atoms with Gasteiger partial charge in [-0.15, -0.1) is 0 Å². The largest absolute Gasteiger partial charge is 0.480 e. The summed E-state index contributed by atoms with van der Waals surface area (Å²) in [5, 5.41) is 15.1. The number of urea groups is 1. The highest BCUT2D eigenvalue weighted by atomic mass is 16.4. The number of rotatable bonds is 6. The van der Waals surface area contributed by atoms with Gasteiger partial charge in [-0.05, 0) is 31.7 Å². The highest BCUT2D eigenvalue weighted by molar-refractivity contribution is 6.13. The van der Waals surface area contributed by atoms with Crippen LogP contribution in [0.2, 0.25) is 0 Å². The van der Waals surface area contributed by atoms with Crippen molar-refractivity contribution >= 4 is 29.2 Å². The fourth-order valence-electron chi connectivity index (χ4n) is 5.40. The molecule has 0 bridgehead atoms. The molecule has 0 atom stereocenters. The summed E-state index contributed by atoms with van der Waals surface area (Å²) in [6.45, 7) is 1.42. The molecule has 1 aromatic rings. The van der Waals surface area contributed by atoms with Crippen molar-refractivity contribution in [1.82, 2.24) is 5.01 Å². The highest BCUT2D eigenvalue weighted by Gasteiger charge is 2.39. The molecule has 1 N–H and O–H groups in total. The number of amides is 2. The van der Waals surface area contributed by atoms with E-state index in [9.17, 15) is 19.5 Å². The fourth-order valence-corrected chi connectivity index (χ4v) is 5.40. The number of carboxylic acid groups (broad SMARTS) is 1. The number of para-hydroxylation sites is 1. The maximum absolute atomic E-state index is 13.5. The third-order valence-corrected chi connectivity index (χ3v) is 7.36. The van der Waals surface area contributed by atoms with Crippen LogP contribution in [0, 0.1) is 11.3 Å². The minimum absolute atomic E-state index is 0.0387. The Hall–Kier alpha value is -2.70. The van der Waals surface area contributed by atoms with Gasteiger partial charge >= 0.3 is 12.0 Å². The Morgan fingerprint density at radius 2 is 1.69 bits per heavy atom. The summed E-state index contributed by atoms with van der Waals surface area (Å²) in [6, 6.07) is 7.03. The molecule has 1 aromatic carbocycles. The molecule has 2 amide bonds. The lowest BCUT2D eigenvalue weighted by atomic mass is 9.72. The van der Waals surface area contributed by atoms with Crippen molar-refractivity contribution in [3.05, 3.63) is 29.8 Å². The molecular formula is C25H33N3O4. The number of carboxylic acids is 1. The molecule has 3 aliphatic rings. The Morgan fingerprint density at radius 1 is 1.03 bits per heavy atom.